The quantitative estimate of drug-likeness (QED) is 0.870. The Morgan fingerprint density at radius 3 is 2.56 bits per heavy atom. The van der Waals surface area contributed by atoms with Crippen molar-refractivity contribution in [2.75, 3.05) is 6.54 Å². The Hall–Kier alpha value is -1.35. The molecule has 0 saturated carbocycles. The molecule has 1 aromatic rings. The van der Waals surface area contributed by atoms with Crippen LogP contribution in [0.3, 0.4) is 0 Å². The van der Waals surface area contributed by atoms with Gasteiger partial charge >= 0.3 is 0 Å². The number of hydrogen-bond donors (Lipinski definition) is 1. The third-order valence-corrected chi connectivity index (χ3v) is 4.17. The molecule has 0 aromatic heterocycles. The Balaban J connectivity index is 2.22. The van der Waals surface area contributed by atoms with Crippen molar-refractivity contribution in [1.29, 1.82) is 0 Å². The number of carbonyl (C=O) groups is 1. The van der Waals surface area contributed by atoms with E-state index in [1.54, 1.807) is 0 Å². The maximum atomic E-state index is 12.5. The van der Waals surface area contributed by atoms with Gasteiger partial charge < -0.3 is 10.6 Å². The van der Waals surface area contributed by atoms with E-state index in [2.05, 4.69) is 19.1 Å². The fourth-order valence-electron chi connectivity index (χ4n) is 2.55. The first kappa shape index (κ1) is 13.1. The standard InChI is InChI=1S/C15H22N2O/c1-11(12-7-5-4-6-8-12)17-10-9-13(16)15(2,3)14(17)18/h4-8,11,13H,9-10,16H2,1-3H3. The predicted octanol–water partition coefficient (Wildman–Crippen LogP) is 2.33. The second-order valence-electron chi connectivity index (χ2n) is 5.70. The summed E-state index contributed by atoms with van der Waals surface area (Å²) in [6.07, 6.45) is 0.871. The van der Waals surface area contributed by atoms with Crippen LogP contribution in [0.4, 0.5) is 0 Å². The summed E-state index contributed by atoms with van der Waals surface area (Å²) in [6, 6.07) is 10.2. The molecule has 3 nitrogen and oxygen atoms in total. The summed E-state index contributed by atoms with van der Waals surface area (Å²) in [5, 5.41) is 0. The van der Waals surface area contributed by atoms with Gasteiger partial charge in [0.15, 0.2) is 0 Å². The number of piperidine rings is 1. The SMILES string of the molecule is CC(c1ccccc1)N1CCC(N)C(C)(C)C1=O. The van der Waals surface area contributed by atoms with E-state index in [4.69, 9.17) is 5.73 Å². The summed E-state index contributed by atoms with van der Waals surface area (Å²) in [7, 11) is 0. The van der Waals surface area contributed by atoms with Gasteiger partial charge in [0.25, 0.3) is 0 Å². The number of amides is 1. The van der Waals surface area contributed by atoms with Crippen molar-refractivity contribution in [3.63, 3.8) is 0 Å². The van der Waals surface area contributed by atoms with Gasteiger partial charge in [-0.15, -0.1) is 0 Å². The summed E-state index contributed by atoms with van der Waals surface area (Å²) in [6.45, 7) is 6.73. The van der Waals surface area contributed by atoms with E-state index in [0.717, 1.165) is 13.0 Å². The van der Waals surface area contributed by atoms with E-state index < -0.39 is 5.41 Å². The van der Waals surface area contributed by atoms with Gasteiger partial charge in [-0.3, -0.25) is 4.79 Å². The molecule has 1 aliphatic heterocycles. The van der Waals surface area contributed by atoms with Crippen molar-refractivity contribution in [1.82, 2.24) is 4.90 Å². The van der Waals surface area contributed by atoms with Gasteiger partial charge in [0.2, 0.25) is 5.91 Å². The smallest absolute Gasteiger partial charge is 0.230 e. The van der Waals surface area contributed by atoms with Crippen LogP contribution in [0, 0.1) is 5.41 Å². The highest BCUT2D eigenvalue weighted by Gasteiger charge is 2.43. The van der Waals surface area contributed by atoms with Crippen LogP contribution < -0.4 is 5.73 Å². The summed E-state index contributed by atoms with van der Waals surface area (Å²) in [4.78, 5) is 14.5. The van der Waals surface area contributed by atoms with Crippen LogP contribution in [-0.4, -0.2) is 23.4 Å². The van der Waals surface area contributed by atoms with Crippen molar-refractivity contribution in [3.05, 3.63) is 35.9 Å². The minimum absolute atomic E-state index is 0.0378. The highest BCUT2D eigenvalue weighted by molar-refractivity contribution is 5.84. The number of rotatable bonds is 2. The molecule has 1 saturated heterocycles. The molecule has 1 aromatic carbocycles. The molecule has 18 heavy (non-hydrogen) atoms. The highest BCUT2D eigenvalue weighted by atomic mass is 16.2. The molecular formula is C15H22N2O. The van der Waals surface area contributed by atoms with Gasteiger partial charge in [0.05, 0.1) is 11.5 Å². The Bertz CT molecular complexity index is 427. The van der Waals surface area contributed by atoms with Gasteiger partial charge in [-0.05, 0) is 32.8 Å². The topological polar surface area (TPSA) is 46.3 Å². The van der Waals surface area contributed by atoms with Gasteiger partial charge in [0.1, 0.15) is 0 Å². The lowest BCUT2D eigenvalue weighted by atomic mass is 9.78. The number of carbonyl (C=O) groups excluding carboxylic acids is 1. The number of benzene rings is 1. The van der Waals surface area contributed by atoms with E-state index >= 15 is 0 Å². The molecule has 0 spiro atoms. The largest absolute Gasteiger partial charge is 0.335 e. The first-order valence-electron chi connectivity index (χ1n) is 6.56. The molecule has 0 bridgehead atoms. The van der Waals surface area contributed by atoms with Crippen LogP contribution in [0.2, 0.25) is 0 Å². The second-order valence-corrected chi connectivity index (χ2v) is 5.70. The first-order valence-corrected chi connectivity index (χ1v) is 6.56. The highest BCUT2D eigenvalue weighted by Crippen LogP contribution is 2.34. The lowest BCUT2D eigenvalue weighted by molar-refractivity contribution is -0.148. The summed E-state index contributed by atoms with van der Waals surface area (Å²) >= 11 is 0. The monoisotopic (exact) mass is 246 g/mol. The van der Waals surface area contributed by atoms with E-state index in [0.29, 0.717) is 0 Å². The molecule has 98 valence electrons. The van der Waals surface area contributed by atoms with E-state index in [9.17, 15) is 4.79 Å². The predicted molar refractivity (Wildman–Crippen MR) is 72.9 cm³/mol. The van der Waals surface area contributed by atoms with Crippen molar-refractivity contribution in [2.45, 2.75) is 39.3 Å². The van der Waals surface area contributed by atoms with Crippen LogP contribution in [0.15, 0.2) is 30.3 Å². The van der Waals surface area contributed by atoms with Crippen molar-refractivity contribution in [3.8, 4) is 0 Å². The summed E-state index contributed by atoms with van der Waals surface area (Å²) in [5.41, 5.74) is 6.78. The lowest BCUT2D eigenvalue weighted by Crippen LogP contribution is -2.56. The Morgan fingerprint density at radius 1 is 1.33 bits per heavy atom. The van der Waals surface area contributed by atoms with E-state index in [-0.39, 0.29) is 18.0 Å². The van der Waals surface area contributed by atoms with Crippen LogP contribution >= 0.6 is 0 Å². The zero-order valence-electron chi connectivity index (χ0n) is 11.4. The molecule has 0 aliphatic carbocycles. The molecular weight excluding hydrogens is 224 g/mol. The molecule has 2 unspecified atom stereocenters. The fourth-order valence-corrected chi connectivity index (χ4v) is 2.55. The van der Waals surface area contributed by atoms with Gasteiger partial charge in [0, 0.05) is 12.6 Å². The normalized spacial score (nSPS) is 25.0. The van der Waals surface area contributed by atoms with Gasteiger partial charge in [-0.25, -0.2) is 0 Å². The fraction of sp³-hybridized carbons (Fsp3) is 0.533. The average molecular weight is 246 g/mol. The molecule has 1 amide bonds. The summed E-state index contributed by atoms with van der Waals surface area (Å²) in [5.74, 6) is 0.164. The van der Waals surface area contributed by atoms with Crippen LogP contribution in [0.1, 0.15) is 38.8 Å². The van der Waals surface area contributed by atoms with Gasteiger partial charge in [-0.1, -0.05) is 30.3 Å². The zero-order valence-corrected chi connectivity index (χ0v) is 11.4. The zero-order chi connectivity index (χ0) is 13.3. The number of likely N-dealkylation sites (tertiary alicyclic amines) is 1. The number of hydrogen-bond acceptors (Lipinski definition) is 2. The minimum Gasteiger partial charge on any atom is -0.335 e. The molecule has 1 heterocycles. The van der Waals surface area contributed by atoms with E-state index in [1.165, 1.54) is 5.56 Å². The van der Waals surface area contributed by atoms with Crippen molar-refractivity contribution >= 4 is 5.91 Å². The molecule has 0 radical (unpaired) electrons. The Labute approximate surface area is 109 Å². The molecule has 2 rings (SSSR count). The molecule has 2 atom stereocenters. The van der Waals surface area contributed by atoms with Crippen molar-refractivity contribution in [2.24, 2.45) is 11.1 Å². The molecule has 1 aliphatic rings. The molecule has 3 heteroatoms. The van der Waals surface area contributed by atoms with E-state index in [1.807, 2.05) is 36.9 Å². The lowest BCUT2D eigenvalue weighted by Gasteiger charge is -2.44. The first-order chi connectivity index (χ1) is 8.44. The number of nitrogens with zero attached hydrogens (tertiary/aromatic N) is 1. The van der Waals surface area contributed by atoms with Crippen LogP contribution in [-0.2, 0) is 4.79 Å². The van der Waals surface area contributed by atoms with Crippen molar-refractivity contribution < 1.29 is 4.79 Å². The average Bonchev–Trinajstić information content (AvgIpc) is 2.37. The molecule has 1 fully saturated rings. The maximum absolute atomic E-state index is 12.5. The third-order valence-electron chi connectivity index (χ3n) is 4.17. The second kappa shape index (κ2) is 4.73. The number of nitrogens with two attached hydrogens (primary N) is 1. The Kier molecular flexibility index (Phi) is 3.44. The molecule has 2 N–H and O–H groups in total. The van der Waals surface area contributed by atoms with Crippen LogP contribution in [0.25, 0.3) is 0 Å². The third kappa shape index (κ3) is 2.15. The summed E-state index contributed by atoms with van der Waals surface area (Å²) < 4.78 is 0. The van der Waals surface area contributed by atoms with Gasteiger partial charge in [-0.2, -0.15) is 0 Å². The maximum Gasteiger partial charge on any atom is 0.230 e. The Morgan fingerprint density at radius 2 is 1.94 bits per heavy atom. The minimum atomic E-state index is -0.457. The van der Waals surface area contributed by atoms with Crippen LogP contribution in [0.5, 0.6) is 0 Å².